The van der Waals surface area contributed by atoms with Crippen LogP contribution in [-0.4, -0.2) is 105 Å². The Morgan fingerprint density at radius 1 is 0.857 bits per heavy atom. The van der Waals surface area contributed by atoms with Crippen LogP contribution in [0.3, 0.4) is 0 Å². The summed E-state index contributed by atoms with van der Waals surface area (Å²) in [5, 5.41) is 28.1. The molecule has 2 heterocycles. The maximum atomic E-state index is 14.3. The summed E-state index contributed by atoms with van der Waals surface area (Å²) in [5.41, 5.74) is -0.208. The number of nitrogens with zero attached hydrogens (tertiary/aromatic N) is 3. The number of carbonyl (C=O) groups is 6. The van der Waals surface area contributed by atoms with Gasteiger partial charge < -0.3 is 41.9 Å². The van der Waals surface area contributed by atoms with E-state index in [1.807, 2.05) is 13.0 Å². The van der Waals surface area contributed by atoms with E-state index in [2.05, 4.69) is 41.9 Å². The Hall–Kier alpha value is -5.12. The zero-order valence-corrected chi connectivity index (χ0v) is 32.8. The summed E-state index contributed by atoms with van der Waals surface area (Å²) in [6, 6.07) is 4.53. The maximum absolute atomic E-state index is 14.3. The van der Waals surface area contributed by atoms with Crippen molar-refractivity contribution in [2.24, 2.45) is 17.3 Å². The van der Waals surface area contributed by atoms with Gasteiger partial charge in [-0.3, -0.25) is 29.0 Å². The fourth-order valence-corrected chi connectivity index (χ4v) is 7.38. The van der Waals surface area contributed by atoms with E-state index in [9.17, 15) is 33.9 Å². The third kappa shape index (κ3) is 11.5. The molecular formula is C40H57N9O7. The van der Waals surface area contributed by atoms with Gasteiger partial charge in [-0.15, -0.1) is 0 Å². The van der Waals surface area contributed by atoms with Gasteiger partial charge in [-0.05, 0) is 55.6 Å². The van der Waals surface area contributed by atoms with Crippen molar-refractivity contribution in [2.75, 3.05) is 18.4 Å². The van der Waals surface area contributed by atoms with Crippen molar-refractivity contribution in [1.82, 2.24) is 41.5 Å². The van der Waals surface area contributed by atoms with E-state index in [-0.39, 0.29) is 30.7 Å². The standard InChI is InChI=1S/C40H57N9O7/c1-5-12-28(32(50)37(54)43-26-17-18-26)45-34(51)27-22-49(39(56)44-25-15-10-7-11-16-25)23-30(27)46-38(55)33(40(2,3)4)48-36(53)31(24-13-8-6-9-14-24)47-35(52)29-21-41-19-20-42-29/h7,10-11,15-16,19-21,24,26-28,30-33,50H,5-6,8-9,12-14,17-18,22-23H2,1-4H3,(H,43,54)(H,44,56)(H,45,51)(H,46,55)(H,47,52)(H,48,53)/t27?,28?,30?,31-,32?,33?/m0/s1. The molecule has 0 radical (unpaired) electrons. The lowest BCUT2D eigenvalue weighted by Crippen LogP contribution is -2.61. The molecule has 0 bridgehead atoms. The minimum atomic E-state index is -1.49. The minimum Gasteiger partial charge on any atom is -0.381 e. The number of benzene rings is 1. The normalized spacial score (nSPS) is 20.8. The Balaban J connectivity index is 1.35. The zero-order valence-electron chi connectivity index (χ0n) is 32.8. The number of urea groups is 1. The summed E-state index contributed by atoms with van der Waals surface area (Å²) in [6.45, 7) is 7.17. The third-order valence-electron chi connectivity index (χ3n) is 10.7. The molecule has 2 saturated carbocycles. The van der Waals surface area contributed by atoms with Crippen LogP contribution >= 0.6 is 0 Å². The van der Waals surface area contributed by atoms with E-state index in [1.165, 1.54) is 23.5 Å². The van der Waals surface area contributed by atoms with Crippen molar-refractivity contribution in [2.45, 2.75) is 122 Å². The number of aliphatic hydroxyl groups is 1. The smallest absolute Gasteiger partial charge is 0.321 e. The molecule has 56 heavy (non-hydrogen) atoms. The lowest BCUT2D eigenvalue weighted by Gasteiger charge is -2.35. The van der Waals surface area contributed by atoms with Crippen LogP contribution in [0.5, 0.6) is 0 Å². The Morgan fingerprint density at radius 3 is 2.20 bits per heavy atom. The van der Waals surface area contributed by atoms with Crippen LogP contribution in [0.2, 0.25) is 0 Å². The zero-order chi connectivity index (χ0) is 40.4. The van der Waals surface area contributed by atoms with E-state index < -0.39 is 77.2 Å². The van der Waals surface area contributed by atoms with E-state index in [0.717, 1.165) is 44.9 Å². The molecular weight excluding hydrogens is 718 g/mol. The summed E-state index contributed by atoms with van der Waals surface area (Å²) >= 11 is 0. The molecule has 3 aliphatic rings. The number of para-hydroxylation sites is 1. The number of nitrogens with one attached hydrogen (secondary N) is 6. The second kappa shape index (κ2) is 19.2. The topological polar surface area (TPSA) is 224 Å². The van der Waals surface area contributed by atoms with Crippen LogP contribution < -0.4 is 31.9 Å². The molecule has 6 atom stereocenters. The third-order valence-corrected chi connectivity index (χ3v) is 10.7. The fourth-order valence-electron chi connectivity index (χ4n) is 7.38. The number of rotatable bonds is 15. The summed E-state index contributed by atoms with van der Waals surface area (Å²) < 4.78 is 0. The first kappa shape index (κ1) is 42.0. The highest BCUT2D eigenvalue weighted by Gasteiger charge is 2.45. The molecule has 3 fully saturated rings. The molecule has 7 amide bonds. The molecule has 2 aliphatic carbocycles. The predicted octanol–water partition coefficient (Wildman–Crippen LogP) is 2.26. The molecule has 1 aliphatic heterocycles. The second-order valence-electron chi connectivity index (χ2n) is 16.3. The quantitative estimate of drug-likeness (QED) is 0.141. The molecule has 7 N–H and O–H groups in total. The van der Waals surface area contributed by atoms with Crippen molar-refractivity contribution in [1.29, 1.82) is 0 Å². The number of likely N-dealkylation sites (tertiary alicyclic amines) is 1. The number of carbonyl (C=O) groups excluding carboxylic acids is 6. The summed E-state index contributed by atoms with van der Waals surface area (Å²) in [6.07, 6.45) is 9.52. The molecule has 5 unspecified atom stereocenters. The first-order valence-corrected chi connectivity index (χ1v) is 19.8. The van der Waals surface area contributed by atoms with Crippen molar-refractivity contribution in [3.05, 3.63) is 54.6 Å². The van der Waals surface area contributed by atoms with E-state index in [4.69, 9.17) is 0 Å². The van der Waals surface area contributed by atoms with Gasteiger partial charge in [0, 0.05) is 37.2 Å². The molecule has 5 rings (SSSR count). The second-order valence-corrected chi connectivity index (χ2v) is 16.3. The predicted molar refractivity (Wildman–Crippen MR) is 208 cm³/mol. The molecule has 16 heteroatoms. The van der Waals surface area contributed by atoms with Gasteiger partial charge in [-0.25, -0.2) is 9.78 Å². The van der Waals surface area contributed by atoms with Crippen molar-refractivity contribution < 1.29 is 33.9 Å². The maximum Gasteiger partial charge on any atom is 0.321 e. The lowest BCUT2D eigenvalue weighted by atomic mass is 9.82. The van der Waals surface area contributed by atoms with Gasteiger partial charge >= 0.3 is 6.03 Å². The Bertz CT molecular complexity index is 1680. The van der Waals surface area contributed by atoms with Crippen LogP contribution in [-0.2, 0) is 19.2 Å². The Morgan fingerprint density at radius 2 is 1.57 bits per heavy atom. The molecule has 16 nitrogen and oxygen atoms in total. The summed E-state index contributed by atoms with van der Waals surface area (Å²) in [7, 11) is 0. The first-order chi connectivity index (χ1) is 26.7. The van der Waals surface area contributed by atoms with Gasteiger partial charge in [-0.2, -0.15) is 0 Å². The van der Waals surface area contributed by atoms with Crippen LogP contribution in [0.4, 0.5) is 10.5 Å². The monoisotopic (exact) mass is 775 g/mol. The van der Waals surface area contributed by atoms with Crippen molar-refractivity contribution >= 4 is 41.3 Å². The average Bonchev–Trinajstić information content (AvgIpc) is 3.90. The number of hydrogen-bond acceptors (Lipinski definition) is 9. The molecule has 1 aromatic carbocycles. The average molecular weight is 776 g/mol. The van der Waals surface area contributed by atoms with Crippen LogP contribution in [0.1, 0.15) is 96.0 Å². The molecule has 0 spiro atoms. The van der Waals surface area contributed by atoms with E-state index in [1.54, 1.807) is 45.0 Å². The Labute approximate surface area is 328 Å². The highest BCUT2D eigenvalue weighted by Crippen LogP contribution is 2.29. The van der Waals surface area contributed by atoms with E-state index in [0.29, 0.717) is 18.5 Å². The van der Waals surface area contributed by atoms with Gasteiger partial charge in [0.25, 0.3) is 11.8 Å². The number of aromatic nitrogens is 2. The SMILES string of the molecule is CCCC(NC(=O)C1CN(C(=O)Nc2ccccc2)CC1NC(=O)C(NC(=O)[C@@H](NC(=O)c1cnccn1)C1CCCCC1)C(C)(C)C)C(O)C(=O)NC1CC1. The molecule has 304 valence electrons. The van der Waals surface area contributed by atoms with Crippen molar-refractivity contribution in [3.8, 4) is 0 Å². The number of aliphatic hydroxyl groups excluding tert-OH is 1. The van der Waals surface area contributed by atoms with Crippen molar-refractivity contribution in [3.63, 3.8) is 0 Å². The number of hydrogen-bond donors (Lipinski definition) is 7. The highest BCUT2D eigenvalue weighted by atomic mass is 16.3. The largest absolute Gasteiger partial charge is 0.381 e. The number of amides is 7. The summed E-state index contributed by atoms with van der Waals surface area (Å²) in [5.74, 6) is -3.87. The van der Waals surface area contributed by atoms with Gasteiger partial charge in [0.2, 0.25) is 17.7 Å². The summed E-state index contributed by atoms with van der Waals surface area (Å²) in [4.78, 5) is 91.5. The number of anilines is 1. The molecule has 1 aromatic heterocycles. The molecule has 1 saturated heterocycles. The van der Waals surface area contributed by atoms with Gasteiger partial charge in [0.15, 0.2) is 6.10 Å². The van der Waals surface area contributed by atoms with Gasteiger partial charge in [0.1, 0.15) is 17.8 Å². The lowest BCUT2D eigenvalue weighted by molar-refractivity contribution is -0.135. The van der Waals surface area contributed by atoms with Crippen LogP contribution in [0, 0.1) is 17.3 Å². The van der Waals surface area contributed by atoms with Crippen LogP contribution in [0.15, 0.2) is 48.9 Å². The first-order valence-electron chi connectivity index (χ1n) is 19.8. The van der Waals surface area contributed by atoms with E-state index >= 15 is 0 Å². The van der Waals surface area contributed by atoms with Gasteiger partial charge in [-0.1, -0.05) is 71.6 Å². The Kier molecular flexibility index (Phi) is 14.4. The minimum absolute atomic E-state index is 0.0184. The fraction of sp³-hybridized carbons (Fsp3) is 0.600. The van der Waals surface area contributed by atoms with Crippen LogP contribution in [0.25, 0.3) is 0 Å². The van der Waals surface area contributed by atoms with Gasteiger partial charge in [0.05, 0.1) is 24.2 Å². The highest BCUT2D eigenvalue weighted by molar-refractivity contribution is 5.97. The molecule has 2 aromatic rings.